The second-order valence-electron chi connectivity index (χ2n) is 3.96. The van der Waals surface area contributed by atoms with Gasteiger partial charge in [-0.25, -0.2) is 13.6 Å². The predicted octanol–water partition coefficient (Wildman–Crippen LogP) is 3.01. The number of carbonyl (C=O) groups is 1. The Morgan fingerprint density at radius 3 is 2.63 bits per heavy atom. The Labute approximate surface area is 112 Å². The van der Waals surface area contributed by atoms with Gasteiger partial charge < -0.3 is 10.4 Å². The molecule has 0 radical (unpaired) electrons. The molecule has 1 aromatic heterocycles. The SMILES string of the molecule is O=C(O)c1csc(CNCc2ccc(F)c(F)c2)c1. The molecule has 0 bridgehead atoms. The summed E-state index contributed by atoms with van der Waals surface area (Å²) in [6.45, 7) is 0.869. The molecule has 0 fully saturated rings. The molecule has 0 amide bonds. The van der Waals surface area contributed by atoms with Crippen LogP contribution >= 0.6 is 11.3 Å². The molecule has 1 heterocycles. The van der Waals surface area contributed by atoms with Gasteiger partial charge in [-0.15, -0.1) is 11.3 Å². The molecule has 1 aromatic carbocycles. The van der Waals surface area contributed by atoms with E-state index in [0.717, 1.165) is 17.0 Å². The fourth-order valence-corrected chi connectivity index (χ4v) is 2.39. The van der Waals surface area contributed by atoms with Gasteiger partial charge in [0.05, 0.1) is 5.56 Å². The number of nitrogens with one attached hydrogen (secondary N) is 1. The van der Waals surface area contributed by atoms with E-state index in [1.165, 1.54) is 17.4 Å². The van der Waals surface area contributed by atoms with Crippen LogP contribution in [-0.2, 0) is 13.1 Å². The number of carboxylic acid groups (broad SMARTS) is 1. The second-order valence-corrected chi connectivity index (χ2v) is 4.95. The van der Waals surface area contributed by atoms with Crippen LogP contribution in [0.25, 0.3) is 0 Å². The van der Waals surface area contributed by atoms with E-state index in [-0.39, 0.29) is 5.56 Å². The number of hydrogen-bond donors (Lipinski definition) is 2. The molecule has 19 heavy (non-hydrogen) atoms. The standard InChI is InChI=1S/C13H11F2NO2S/c14-11-2-1-8(3-12(11)15)5-16-6-10-4-9(7-19-10)13(17)18/h1-4,7,16H,5-6H2,(H,17,18). The smallest absolute Gasteiger partial charge is 0.336 e. The third kappa shape index (κ3) is 3.59. The van der Waals surface area contributed by atoms with Gasteiger partial charge in [0.1, 0.15) is 0 Å². The Morgan fingerprint density at radius 2 is 2.00 bits per heavy atom. The minimum atomic E-state index is -0.955. The van der Waals surface area contributed by atoms with E-state index >= 15 is 0 Å². The molecule has 0 aliphatic rings. The van der Waals surface area contributed by atoms with Crippen molar-refractivity contribution < 1.29 is 18.7 Å². The normalized spacial score (nSPS) is 10.6. The Hall–Kier alpha value is -1.79. The van der Waals surface area contributed by atoms with Crippen molar-refractivity contribution in [2.24, 2.45) is 0 Å². The third-order valence-corrected chi connectivity index (χ3v) is 3.45. The molecular formula is C13H11F2NO2S. The minimum Gasteiger partial charge on any atom is -0.478 e. The van der Waals surface area contributed by atoms with Gasteiger partial charge in [0, 0.05) is 23.3 Å². The molecule has 6 heteroatoms. The maximum atomic E-state index is 13.0. The van der Waals surface area contributed by atoms with Crippen molar-refractivity contribution in [1.82, 2.24) is 5.32 Å². The highest BCUT2D eigenvalue weighted by Crippen LogP contribution is 2.15. The molecule has 2 rings (SSSR count). The van der Waals surface area contributed by atoms with E-state index < -0.39 is 17.6 Å². The number of rotatable bonds is 5. The van der Waals surface area contributed by atoms with Crippen molar-refractivity contribution in [1.29, 1.82) is 0 Å². The quantitative estimate of drug-likeness (QED) is 0.886. The molecule has 2 aromatic rings. The average Bonchev–Trinajstić information content (AvgIpc) is 2.83. The van der Waals surface area contributed by atoms with Crippen LogP contribution in [0, 0.1) is 11.6 Å². The van der Waals surface area contributed by atoms with Crippen LogP contribution in [0.3, 0.4) is 0 Å². The first-order valence-electron chi connectivity index (χ1n) is 5.51. The molecule has 0 atom stereocenters. The summed E-state index contributed by atoms with van der Waals surface area (Å²) < 4.78 is 25.7. The highest BCUT2D eigenvalue weighted by Gasteiger charge is 2.06. The average molecular weight is 283 g/mol. The number of halogens is 2. The molecule has 0 spiro atoms. The summed E-state index contributed by atoms with van der Waals surface area (Å²) in [6.07, 6.45) is 0. The first kappa shape index (κ1) is 13.6. The van der Waals surface area contributed by atoms with E-state index in [2.05, 4.69) is 5.32 Å². The largest absolute Gasteiger partial charge is 0.478 e. The summed E-state index contributed by atoms with van der Waals surface area (Å²) in [5.74, 6) is -2.69. The van der Waals surface area contributed by atoms with Crippen LogP contribution in [0.5, 0.6) is 0 Å². The van der Waals surface area contributed by atoms with Gasteiger partial charge >= 0.3 is 5.97 Å². The van der Waals surface area contributed by atoms with Gasteiger partial charge in [0.25, 0.3) is 0 Å². The number of carboxylic acids is 1. The van der Waals surface area contributed by atoms with Gasteiger partial charge in [-0.3, -0.25) is 0 Å². The summed E-state index contributed by atoms with van der Waals surface area (Å²) in [5, 5.41) is 13.4. The summed E-state index contributed by atoms with van der Waals surface area (Å²) in [6, 6.07) is 5.31. The highest BCUT2D eigenvalue weighted by molar-refractivity contribution is 7.10. The zero-order valence-electron chi connectivity index (χ0n) is 9.82. The van der Waals surface area contributed by atoms with Crippen molar-refractivity contribution in [2.75, 3.05) is 0 Å². The molecular weight excluding hydrogens is 272 g/mol. The Morgan fingerprint density at radius 1 is 1.21 bits per heavy atom. The summed E-state index contributed by atoms with van der Waals surface area (Å²) >= 11 is 1.34. The first-order valence-corrected chi connectivity index (χ1v) is 6.39. The van der Waals surface area contributed by atoms with Crippen LogP contribution < -0.4 is 5.32 Å². The van der Waals surface area contributed by atoms with E-state index in [1.807, 2.05) is 0 Å². The van der Waals surface area contributed by atoms with E-state index in [4.69, 9.17) is 5.11 Å². The predicted molar refractivity (Wildman–Crippen MR) is 68.2 cm³/mol. The fourth-order valence-electron chi connectivity index (χ4n) is 1.57. The molecule has 3 nitrogen and oxygen atoms in total. The lowest BCUT2D eigenvalue weighted by Gasteiger charge is -2.03. The van der Waals surface area contributed by atoms with Crippen LogP contribution in [0.2, 0.25) is 0 Å². The van der Waals surface area contributed by atoms with Crippen LogP contribution in [-0.4, -0.2) is 11.1 Å². The molecule has 0 saturated carbocycles. The van der Waals surface area contributed by atoms with Crippen molar-refractivity contribution in [3.8, 4) is 0 Å². The van der Waals surface area contributed by atoms with Crippen LogP contribution in [0.1, 0.15) is 20.8 Å². The molecule has 0 saturated heterocycles. The summed E-state index contributed by atoms with van der Waals surface area (Å²) in [4.78, 5) is 11.6. The maximum absolute atomic E-state index is 13.0. The summed E-state index contributed by atoms with van der Waals surface area (Å²) in [7, 11) is 0. The van der Waals surface area contributed by atoms with Gasteiger partial charge in [-0.1, -0.05) is 6.07 Å². The summed E-state index contributed by atoms with van der Waals surface area (Å²) in [5.41, 5.74) is 0.892. The lowest BCUT2D eigenvalue weighted by Crippen LogP contribution is -2.12. The fraction of sp³-hybridized carbons (Fsp3) is 0.154. The third-order valence-electron chi connectivity index (χ3n) is 2.51. The monoisotopic (exact) mass is 283 g/mol. The van der Waals surface area contributed by atoms with Crippen molar-refractivity contribution in [3.05, 3.63) is 57.3 Å². The molecule has 0 aliphatic carbocycles. The van der Waals surface area contributed by atoms with E-state index in [9.17, 15) is 13.6 Å². The number of aromatic carboxylic acids is 1. The zero-order chi connectivity index (χ0) is 13.8. The number of benzene rings is 1. The minimum absolute atomic E-state index is 0.259. The maximum Gasteiger partial charge on any atom is 0.336 e. The van der Waals surface area contributed by atoms with Crippen molar-refractivity contribution in [2.45, 2.75) is 13.1 Å². The lowest BCUT2D eigenvalue weighted by molar-refractivity contribution is 0.0697. The second kappa shape index (κ2) is 5.90. The van der Waals surface area contributed by atoms with E-state index in [1.54, 1.807) is 11.4 Å². The first-order chi connectivity index (χ1) is 9.06. The van der Waals surface area contributed by atoms with E-state index in [0.29, 0.717) is 18.7 Å². The van der Waals surface area contributed by atoms with Crippen LogP contribution in [0.15, 0.2) is 29.6 Å². The van der Waals surface area contributed by atoms with Gasteiger partial charge in [0.2, 0.25) is 0 Å². The topological polar surface area (TPSA) is 49.3 Å². The molecule has 100 valence electrons. The Kier molecular flexibility index (Phi) is 4.24. The van der Waals surface area contributed by atoms with Gasteiger partial charge in [-0.2, -0.15) is 0 Å². The number of hydrogen-bond acceptors (Lipinski definition) is 3. The molecule has 2 N–H and O–H groups in total. The zero-order valence-corrected chi connectivity index (χ0v) is 10.6. The number of thiophene rings is 1. The van der Waals surface area contributed by atoms with Crippen molar-refractivity contribution >= 4 is 17.3 Å². The van der Waals surface area contributed by atoms with Gasteiger partial charge in [-0.05, 0) is 23.8 Å². The van der Waals surface area contributed by atoms with Crippen LogP contribution in [0.4, 0.5) is 8.78 Å². The Balaban J connectivity index is 1.88. The van der Waals surface area contributed by atoms with Crippen molar-refractivity contribution in [3.63, 3.8) is 0 Å². The van der Waals surface area contributed by atoms with Gasteiger partial charge in [0.15, 0.2) is 11.6 Å². The highest BCUT2D eigenvalue weighted by atomic mass is 32.1. The lowest BCUT2D eigenvalue weighted by atomic mass is 10.2. The molecule has 0 aliphatic heterocycles. The molecule has 0 unspecified atom stereocenters. The Bertz CT molecular complexity index is 598.